The molecule has 1 spiro atoms. The maximum Gasteiger partial charge on any atom is 0.329 e. The first kappa shape index (κ1) is 34.0. The first-order chi connectivity index (χ1) is 23.6. The van der Waals surface area contributed by atoms with E-state index in [2.05, 4.69) is 50.1 Å². The molecule has 1 saturated carbocycles. The number of carboxylic acids is 1. The molecule has 0 radical (unpaired) electrons. The number of fused-ring (bicyclic) bond motifs is 4. The van der Waals surface area contributed by atoms with E-state index < -0.39 is 11.5 Å². The third kappa shape index (κ3) is 6.60. The highest BCUT2D eigenvalue weighted by atomic mass is 35.5. The highest BCUT2D eigenvalue weighted by molar-refractivity contribution is 6.30. The molecule has 1 aromatic heterocycles. The Labute approximate surface area is 296 Å². The molecule has 7 rings (SSSR count). The van der Waals surface area contributed by atoms with Crippen molar-refractivity contribution in [3.63, 3.8) is 0 Å². The van der Waals surface area contributed by atoms with E-state index in [0.717, 1.165) is 55.0 Å². The molecule has 1 aliphatic heterocycles. The number of carbonyl (C=O) groups is 1. The van der Waals surface area contributed by atoms with Crippen LogP contribution in [0.4, 0.5) is 5.69 Å². The van der Waals surface area contributed by atoms with E-state index in [1.807, 2.05) is 36.5 Å². The standard InChI is InChI=1S/C41H51ClN2O5/c1-25(2)29-23-48-36-19-28-18-30(17-26(3)22-47-35-11-16-43-34-10-5-7-27(4)38(34)35)40(33(28)21-37(36)49-24-29)12-14-41(15-13-40,39(45)46)44-32-9-6-8-31(42)20-32/h6,8-9,11,16,19-21,25-27,29-30,44H,5,7,10,12-15,17-18,22-24H2,1-4H3,(H,45,46)/t26-,27-,29-,30+,40?,41?/m1/s1. The Morgan fingerprint density at radius 3 is 2.55 bits per heavy atom. The number of rotatable bonds is 9. The SMILES string of the molecule is CC(C)[C@@H]1COc2cc3c(cc2OC1)C1(CCC(Nc2cccc(Cl)c2)(C(=O)O)CC1)[C@@H](C[C@@H](C)COc1ccnc2c1[C@H](C)CCC2)C3. The van der Waals surface area contributed by atoms with E-state index in [-0.39, 0.29) is 5.41 Å². The van der Waals surface area contributed by atoms with E-state index in [1.54, 1.807) is 0 Å². The average Bonchev–Trinajstić information content (AvgIpc) is 3.20. The molecule has 262 valence electrons. The van der Waals surface area contributed by atoms with Crippen LogP contribution in [0.2, 0.25) is 5.02 Å². The largest absolute Gasteiger partial charge is 0.493 e. The number of carboxylic acid groups (broad SMARTS) is 1. The molecule has 49 heavy (non-hydrogen) atoms. The monoisotopic (exact) mass is 686 g/mol. The fraction of sp³-hybridized carbons (Fsp3) is 0.561. The number of halogens is 1. The van der Waals surface area contributed by atoms with Gasteiger partial charge in [0, 0.05) is 34.1 Å². The van der Waals surface area contributed by atoms with E-state index in [4.69, 9.17) is 25.8 Å². The molecule has 3 aromatic rings. The molecule has 8 heteroatoms. The zero-order chi connectivity index (χ0) is 34.3. The van der Waals surface area contributed by atoms with Crippen LogP contribution in [-0.4, -0.2) is 41.4 Å². The van der Waals surface area contributed by atoms with Gasteiger partial charge in [0.15, 0.2) is 11.5 Å². The highest BCUT2D eigenvalue weighted by Gasteiger charge is 2.54. The Hall–Kier alpha value is -3.45. The predicted molar refractivity (Wildman–Crippen MR) is 193 cm³/mol. The summed E-state index contributed by atoms with van der Waals surface area (Å²) in [5.41, 5.74) is 4.62. The minimum atomic E-state index is -1.06. The van der Waals surface area contributed by atoms with Crippen LogP contribution in [0.3, 0.4) is 0 Å². The quantitative estimate of drug-likeness (QED) is 0.232. The van der Waals surface area contributed by atoms with Crippen LogP contribution in [0, 0.1) is 23.7 Å². The van der Waals surface area contributed by atoms with Crippen LogP contribution < -0.4 is 19.5 Å². The van der Waals surface area contributed by atoms with Crippen molar-refractivity contribution in [2.75, 3.05) is 25.1 Å². The highest BCUT2D eigenvalue weighted by Crippen LogP contribution is 2.58. The van der Waals surface area contributed by atoms with E-state index >= 15 is 0 Å². The van der Waals surface area contributed by atoms with Crippen molar-refractivity contribution < 1.29 is 24.1 Å². The molecule has 1 fully saturated rings. The number of nitrogens with zero attached hydrogens (tertiary/aromatic N) is 1. The number of hydrogen-bond acceptors (Lipinski definition) is 6. The minimum Gasteiger partial charge on any atom is -0.493 e. The maximum atomic E-state index is 13.0. The van der Waals surface area contributed by atoms with Crippen LogP contribution in [-0.2, 0) is 23.1 Å². The molecule has 2 aromatic carbocycles. The summed E-state index contributed by atoms with van der Waals surface area (Å²) in [6.45, 7) is 10.9. The summed E-state index contributed by atoms with van der Waals surface area (Å²) in [6.07, 6.45) is 9.76. The second-order valence-corrected chi connectivity index (χ2v) is 16.2. The van der Waals surface area contributed by atoms with Gasteiger partial charge in [-0.05, 0) is 134 Å². The Morgan fingerprint density at radius 2 is 1.84 bits per heavy atom. The summed E-state index contributed by atoms with van der Waals surface area (Å²) in [7, 11) is 0. The molecule has 7 nitrogen and oxygen atoms in total. The van der Waals surface area contributed by atoms with Gasteiger partial charge >= 0.3 is 5.97 Å². The van der Waals surface area contributed by atoms with Crippen LogP contribution >= 0.6 is 11.6 Å². The summed E-state index contributed by atoms with van der Waals surface area (Å²) < 4.78 is 19.4. The van der Waals surface area contributed by atoms with Gasteiger partial charge in [-0.25, -0.2) is 4.79 Å². The summed E-state index contributed by atoms with van der Waals surface area (Å²) in [5, 5.41) is 14.6. The number of nitrogens with one attached hydrogen (secondary N) is 1. The first-order valence-electron chi connectivity index (χ1n) is 18.4. The number of anilines is 1. The number of ether oxygens (including phenoxy) is 3. The lowest BCUT2D eigenvalue weighted by Crippen LogP contribution is -2.53. The van der Waals surface area contributed by atoms with E-state index in [0.29, 0.717) is 67.3 Å². The van der Waals surface area contributed by atoms with Crippen molar-refractivity contribution in [2.24, 2.45) is 23.7 Å². The van der Waals surface area contributed by atoms with Crippen LogP contribution in [0.1, 0.15) is 101 Å². The molecule has 3 aliphatic carbocycles. The number of benzene rings is 2. The van der Waals surface area contributed by atoms with Gasteiger partial charge in [0.05, 0.1) is 19.8 Å². The number of aromatic nitrogens is 1. The van der Waals surface area contributed by atoms with Gasteiger partial charge < -0.3 is 24.6 Å². The summed E-state index contributed by atoms with van der Waals surface area (Å²) >= 11 is 6.29. The molecule has 4 aliphatic rings. The molecular weight excluding hydrogens is 636 g/mol. The Balaban J connectivity index is 1.15. The van der Waals surface area contributed by atoms with Crippen molar-refractivity contribution in [3.8, 4) is 17.2 Å². The number of pyridine rings is 1. The number of aryl methyl sites for hydroxylation is 1. The van der Waals surface area contributed by atoms with Crippen molar-refractivity contribution in [3.05, 3.63) is 76.1 Å². The number of aliphatic carboxylic acids is 1. The van der Waals surface area contributed by atoms with Gasteiger partial charge in [0.2, 0.25) is 0 Å². The molecular formula is C41H51ClN2O5. The molecule has 0 saturated heterocycles. The lowest BCUT2D eigenvalue weighted by molar-refractivity contribution is -0.144. The summed E-state index contributed by atoms with van der Waals surface area (Å²) in [5.74, 6) is 3.76. The maximum absolute atomic E-state index is 13.0. The van der Waals surface area contributed by atoms with Crippen LogP contribution in [0.15, 0.2) is 48.7 Å². The van der Waals surface area contributed by atoms with Gasteiger partial charge in [0.25, 0.3) is 0 Å². The zero-order valence-corrected chi connectivity index (χ0v) is 30.2. The minimum absolute atomic E-state index is 0.162. The molecule has 2 N–H and O–H groups in total. The summed E-state index contributed by atoms with van der Waals surface area (Å²) in [4.78, 5) is 17.7. The Morgan fingerprint density at radius 1 is 1.08 bits per heavy atom. The van der Waals surface area contributed by atoms with Crippen molar-refractivity contribution in [2.45, 2.75) is 102 Å². The van der Waals surface area contributed by atoms with E-state index in [1.165, 1.54) is 35.2 Å². The van der Waals surface area contributed by atoms with Crippen molar-refractivity contribution in [1.82, 2.24) is 4.98 Å². The predicted octanol–water partition coefficient (Wildman–Crippen LogP) is 9.24. The van der Waals surface area contributed by atoms with Gasteiger partial charge in [-0.15, -0.1) is 0 Å². The average molecular weight is 687 g/mol. The van der Waals surface area contributed by atoms with Crippen LogP contribution in [0.5, 0.6) is 17.2 Å². The van der Waals surface area contributed by atoms with Gasteiger partial charge in [-0.2, -0.15) is 0 Å². The van der Waals surface area contributed by atoms with Gasteiger partial charge in [-0.3, -0.25) is 4.98 Å². The second-order valence-electron chi connectivity index (χ2n) is 15.8. The van der Waals surface area contributed by atoms with Gasteiger partial charge in [0.1, 0.15) is 11.3 Å². The van der Waals surface area contributed by atoms with Crippen molar-refractivity contribution in [1.29, 1.82) is 0 Å². The zero-order valence-electron chi connectivity index (χ0n) is 29.4. The summed E-state index contributed by atoms with van der Waals surface area (Å²) in [6, 6.07) is 13.9. The first-order valence-corrected chi connectivity index (χ1v) is 18.8. The Kier molecular flexibility index (Phi) is 9.51. The molecule has 0 unspecified atom stereocenters. The Bertz CT molecular complexity index is 1680. The number of hydrogen-bond donors (Lipinski definition) is 2. The fourth-order valence-electron chi connectivity index (χ4n) is 9.17. The molecule has 4 atom stereocenters. The van der Waals surface area contributed by atoms with Crippen LogP contribution in [0.25, 0.3) is 0 Å². The third-order valence-electron chi connectivity index (χ3n) is 12.2. The van der Waals surface area contributed by atoms with Gasteiger partial charge in [-0.1, -0.05) is 45.4 Å². The molecule has 0 bridgehead atoms. The molecule has 0 amide bonds. The van der Waals surface area contributed by atoms with E-state index in [9.17, 15) is 9.90 Å². The lowest BCUT2D eigenvalue weighted by atomic mass is 9.59. The third-order valence-corrected chi connectivity index (χ3v) is 12.4. The lowest BCUT2D eigenvalue weighted by Gasteiger charge is -2.47. The topological polar surface area (TPSA) is 89.9 Å². The normalized spacial score (nSPS) is 28.0. The fourth-order valence-corrected chi connectivity index (χ4v) is 9.36. The van der Waals surface area contributed by atoms with Crippen molar-refractivity contribution >= 4 is 23.3 Å². The second kappa shape index (κ2) is 13.7. The smallest absolute Gasteiger partial charge is 0.329 e. The molecule has 2 heterocycles.